The molecule has 9 heteroatoms. The summed E-state index contributed by atoms with van der Waals surface area (Å²) < 4.78 is 6.39. The van der Waals surface area contributed by atoms with Crippen molar-refractivity contribution < 1.29 is 9.53 Å². The van der Waals surface area contributed by atoms with Crippen LogP contribution in [-0.4, -0.2) is 32.3 Å². The van der Waals surface area contributed by atoms with Gasteiger partial charge in [0.25, 0.3) is 0 Å². The quantitative estimate of drug-likeness (QED) is 0.533. The Labute approximate surface area is 148 Å². The van der Waals surface area contributed by atoms with Gasteiger partial charge in [0.2, 0.25) is 11.9 Å². The molecule has 25 heavy (non-hydrogen) atoms. The predicted octanol–water partition coefficient (Wildman–Crippen LogP) is 2.82. The summed E-state index contributed by atoms with van der Waals surface area (Å²) in [6, 6.07) is 10.1. The number of esters is 1. The number of carbonyl (C=O) groups excluding carboxylic acids is 1. The summed E-state index contributed by atoms with van der Waals surface area (Å²) in [6.45, 7) is 2.09. The molecular formula is C16H15ClN6O2. The van der Waals surface area contributed by atoms with Crippen LogP contribution in [0.3, 0.4) is 0 Å². The van der Waals surface area contributed by atoms with Crippen LogP contribution in [0.5, 0.6) is 0 Å². The van der Waals surface area contributed by atoms with Crippen LogP contribution in [0, 0.1) is 0 Å². The molecule has 0 saturated carbocycles. The number of pyridine rings is 1. The van der Waals surface area contributed by atoms with E-state index in [-0.39, 0.29) is 11.9 Å². The third-order valence-electron chi connectivity index (χ3n) is 3.24. The summed E-state index contributed by atoms with van der Waals surface area (Å²) >= 11 is 5.88. The zero-order valence-electron chi connectivity index (χ0n) is 13.3. The monoisotopic (exact) mass is 358 g/mol. The number of ether oxygens (including phenoxy) is 1. The van der Waals surface area contributed by atoms with E-state index >= 15 is 0 Å². The molecule has 0 fully saturated rings. The Balaban J connectivity index is 1.78. The normalized spacial score (nSPS) is 10.5. The van der Waals surface area contributed by atoms with Crippen LogP contribution in [0.15, 0.2) is 42.6 Å². The fourth-order valence-electron chi connectivity index (χ4n) is 2.12. The number of nitrogens with zero attached hydrogens (tertiary/aromatic N) is 4. The first-order valence-corrected chi connectivity index (χ1v) is 7.83. The minimum atomic E-state index is -0.365. The Bertz CT molecular complexity index is 894. The zero-order valence-corrected chi connectivity index (χ0v) is 14.1. The number of halogens is 1. The van der Waals surface area contributed by atoms with Gasteiger partial charge in [0.05, 0.1) is 17.9 Å². The average molecular weight is 359 g/mol. The second-order valence-corrected chi connectivity index (χ2v) is 5.35. The Morgan fingerprint density at radius 2 is 2.08 bits per heavy atom. The van der Waals surface area contributed by atoms with Crippen molar-refractivity contribution in [2.24, 2.45) is 0 Å². The first-order chi connectivity index (χ1) is 12.1. The fourth-order valence-corrected chi connectivity index (χ4v) is 2.29. The topological polar surface area (TPSA) is 108 Å². The lowest BCUT2D eigenvalue weighted by molar-refractivity contribution is 0.0526. The molecule has 0 aliphatic carbocycles. The highest BCUT2D eigenvalue weighted by atomic mass is 35.5. The van der Waals surface area contributed by atoms with Gasteiger partial charge < -0.3 is 15.8 Å². The lowest BCUT2D eigenvalue weighted by atomic mass is 10.2. The molecule has 0 saturated heterocycles. The Morgan fingerprint density at radius 3 is 2.76 bits per heavy atom. The summed E-state index contributed by atoms with van der Waals surface area (Å²) in [5, 5.41) is 7.65. The number of nitrogen functional groups attached to an aromatic ring is 1. The van der Waals surface area contributed by atoms with Crippen LogP contribution in [0.25, 0.3) is 5.69 Å². The van der Waals surface area contributed by atoms with Crippen LogP contribution in [0.2, 0.25) is 5.15 Å². The number of aromatic nitrogens is 4. The molecular weight excluding hydrogens is 344 g/mol. The first kappa shape index (κ1) is 16.7. The highest BCUT2D eigenvalue weighted by Crippen LogP contribution is 2.19. The number of nitrogens with two attached hydrogens (primary N) is 1. The highest BCUT2D eigenvalue weighted by molar-refractivity contribution is 6.29. The number of nitrogens with one attached hydrogen (secondary N) is 1. The van der Waals surface area contributed by atoms with Crippen molar-refractivity contribution in [1.82, 2.24) is 19.7 Å². The summed E-state index contributed by atoms with van der Waals surface area (Å²) in [4.78, 5) is 19.7. The van der Waals surface area contributed by atoms with Crippen molar-refractivity contribution in [2.45, 2.75) is 6.92 Å². The molecule has 0 bridgehead atoms. The molecule has 3 rings (SSSR count). The largest absolute Gasteiger partial charge is 0.462 e. The van der Waals surface area contributed by atoms with Gasteiger partial charge in [-0.2, -0.15) is 9.67 Å². The molecule has 0 unspecified atom stereocenters. The second kappa shape index (κ2) is 7.18. The minimum Gasteiger partial charge on any atom is -0.462 e. The fraction of sp³-hybridized carbons (Fsp3) is 0.125. The number of hydrogen-bond donors (Lipinski definition) is 2. The van der Waals surface area contributed by atoms with E-state index in [2.05, 4.69) is 20.4 Å². The highest BCUT2D eigenvalue weighted by Gasteiger charge is 2.11. The summed E-state index contributed by atoms with van der Waals surface area (Å²) in [5.74, 6) is 0.150. The van der Waals surface area contributed by atoms with Gasteiger partial charge in [0, 0.05) is 18.0 Å². The molecule has 0 radical (unpaired) electrons. The van der Waals surface area contributed by atoms with E-state index in [9.17, 15) is 4.79 Å². The van der Waals surface area contributed by atoms with Crippen molar-refractivity contribution in [2.75, 3.05) is 17.7 Å². The molecule has 0 spiro atoms. The SMILES string of the molecule is CCOC(=O)c1ccc(Nc2nc(N)n(-c3ccnc(Cl)c3)n2)cc1. The Kier molecular flexibility index (Phi) is 4.80. The number of anilines is 3. The van der Waals surface area contributed by atoms with Gasteiger partial charge >= 0.3 is 5.97 Å². The lowest BCUT2D eigenvalue weighted by Crippen LogP contribution is -2.04. The standard InChI is InChI=1S/C16H15ClN6O2/c1-2-25-14(24)10-3-5-11(6-4-10)20-16-21-15(18)23(22-16)12-7-8-19-13(17)9-12/h3-9H,2H2,1H3,(H3,18,20,21,22). The molecule has 2 aromatic heterocycles. The van der Waals surface area contributed by atoms with Gasteiger partial charge in [0.15, 0.2) is 0 Å². The molecule has 0 aliphatic heterocycles. The molecule has 3 aromatic rings. The lowest BCUT2D eigenvalue weighted by Gasteiger charge is -2.04. The van der Waals surface area contributed by atoms with Gasteiger partial charge in [0.1, 0.15) is 5.15 Å². The maximum absolute atomic E-state index is 11.6. The number of carbonyl (C=O) groups is 1. The number of rotatable bonds is 5. The van der Waals surface area contributed by atoms with Crippen molar-refractivity contribution >= 4 is 35.2 Å². The molecule has 2 heterocycles. The molecule has 1 aromatic carbocycles. The van der Waals surface area contributed by atoms with Crippen LogP contribution in [-0.2, 0) is 4.74 Å². The van der Waals surface area contributed by atoms with Crippen molar-refractivity contribution in [1.29, 1.82) is 0 Å². The van der Waals surface area contributed by atoms with Gasteiger partial charge in [-0.05, 0) is 37.3 Å². The molecule has 0 atom stereocenters. The maximum Gasteiger partial charge on any atom is 0.338 e. The van der Waals surface area contributed by atoms with Crippen LogP contribution >= 0.6 is 11.6 Å². The third kappa shape index (κ3) is 3.86. The number of benzene rings is 1. The Morgan fingerprint density at radius 1 is 1.32 bits per heavy atom. The van der Waals surface area contributed by atoms with E-state index in [1.54, 1.807) is 49.5 Å². The third-order valence-corrected chi connectivity index (χ3v) is 3.45. The van der Waals surface area contributed by atoms with Crippen LogP contribution in [0.4, 0.5) is 17.6 Å². The zero-order chi connectivity index (χ0) is 17.8. The molecule has 128 valence electrons. The summed E-state index contributed by atoms with van der Waals surface area (Å²) in [6.07, 6.45) is 1.56. The second-order valence-electron chi connectivity index (χ2n) is 4.96. The van der Waals surface area contributed by atoms with E-state index in [0.717, 1.165) is 0 Å². The number of hydrogen-bond acceptors (Lipinski definition) is 7. The van der Waals surface area contributed by atoms with Gasteiger partial charge in [-0.1, -0.05) is 11.6 Å². The summed E-state index contributed by atoms with van der Waals surface area (Å²) in [5.41, 5.74) is 7.72. The van der Waals surface area contributed by atoms with E-state index in [4.69, 9.17) is 22.1 Å². The van der Waals surface area contributed by atoms with Gasteiger partial charge in [-0.25, -0.2) is 9.78 Å². The van der Waals surface area contributed by atoms with Crippen LogP contribution in [0.1, 0.15) is 17.3 Å². The van der Waals surface area contributed by atoms with Crippen molar-refractivity contribution in [3.05, 3.63) is 53.3 Å². The first-order valence-electron chi connectivity index (χ1n) is 7.45. The Hall–Kier alpha value is -3.13. The van der Waals surface area contributed by atoms with Crippen LogP contribution < -0.4 is 11.1 Å². The van der Waals surface area contributed by atoms with E-state index < -0.39 is 0 Å². The van der Waals surface area contributed by atoms with Gasteiger partial charge in [-0.15, -0.1) is 5.10 Å². The smallest absolute Gasteiger partial charge is 0.338 e. The predicted molar refractivity (Wildman–Crippen MR) is 94.3 cm³/mol. The van der Waals surface area contributed by atoms with E-state index in [1.807, 2.05) is 0 Å². The average Bonchev–Trinajstić information content (AvgIpc) is 2.96. The van der Waals surface area contributed by atoms with E-state index in [1.165, 1.54) is 4.68 Å². The van der Waals surface area contributed by atoms with E-state index in [0.29, 0.717) is 34.6 Å². The minimum absolute atomic E-state index is 0.202. The molecule has 8 nitrogen and oxygen atoms in total. The van der Waals surface area contributed by atoms with Crippen molar-refractivity contribution in [3.8, 4) is 5.69 Å². The maximum atomic E-state index is 11.6. The molecule has 0 aliphatic rings. The summed E-state index contributed by atoms with van der Waals surface area (Å²) in [7, 11) is 0. The molecule has 0 amide bonds. The van der Waals surface area contributed by atoms with Crippen molar-refractivity contribution in [3.63, 3.8) is 0 Å². The van der Waals surface area contributed by atoms with Gasteiger partial charge in [-0.3, -0.25) is 0 Å². The molecule has 3 N–H and O–H groups in total.